The third-order valence-electron chi connectivity index (χ3n) is 2.50. The van der Waals surface area contributed by atoms with E-state index in [-0.39, 0.29) is 21.8 Å². The van der Waals surface area contributed by atoms with E-state index in [1.54, 1.807) is 17.8 Å². The van der Waals surface area contributed by atoms with Gasteiger partial charge in [0, 0.05) is 17.4 Å². The van der Waals surface area contributed by atoms with Gasteiger partial charge in [-0.05, 0) is 24.5 Å². The van der Waals surface area contributed by atoms with Crippen LogP contribution in [-0.2, 0) is 10.0 Å². The highest BCUT2D eigenvalue weighted by atomic mass is 35.5. The smallest absolute Gasteiger partial charge is 0.242 e. The average Bonchev–Trinajstić information content (AvgIpc) is 2.42. The van der Waals surface area contributed by atoms with Crippen molar-refractivity contribution in [3.05, 3.63) is 28.8 Å². The van der Waals surface area contributed by atoms with Crippen LogP contribution in [0.2, 0.25) is 5.02 Å². The summed E-state index contributed by atoms with van der Waals surface area (Å²) in [6.07, 6.45) is 1.92. The van der Waals surface area contributed by atoms with Crippen LogP contribution in [0.3, 0.4) is 0 Å². The highest BCUT2D eigenvalue weighted by Gasteiger charge is 2.18. The van der Waals surface area contributed by atoms with Gasteiger partial charge in [0.15, 0.2) is 0 Å². The van der Waals surface area contributed by atoms with E-state index in [1.807, 2.05) is 13.2 Å². The Morgan fingerprint density at radius 3 is 2.75 bits per heavy atom. The van der Waals surface area contributed by atoms with Gasteiger partial charge in [0.2, 0.25) is 10.0 Å². The van der Waals surface area contributed by atoms with E-state index < -0.39 is 10.0 Å². The Kier molecular flexibility index (Phi) is 6.86. The molecule has 1 aromatic carbocycles. The molecule has 0 saturated heterocycles. The predicted octanol–water partition coefficient (Wildman–Crippen LogP) is 1.71. The molecule has 0 aliphatic heterocycles. The van der Waals surface area contributed by atoms with Gasteiger partial charge in [0.25, 0.3) is 0 Å². The van der Waals surface area contributed by atoms with Crippen molar-refractivity contribution in [3.8, 4) is 11.8 Å². The first-order valence-electron chi connectivity index (χ1n) is 5.82. The number of thioether (sulfide) groups is 1. The molecular formula is C13H16ClNO3S2. The first-order valence-corrected chi connectivity index (χ1v) is 8.97. The summed E-state index contributed by atoms with van der Waals surface area (Å²) >= 11 is 7.56. The zero-order valence-corrected chi connectivity index (χ0v) is 13.6. The third-order valence-corrected chi connectivity index (χ3v) is 5.37. The molecule has 0 aliphatic rings. The highest BCUT2D eigenvalue weighted by molar-refractivity contribution is 7.99. The molecule has 4 nitrogen and oxygen atoms in total. The number of hydrogen-bond donors (Lipinski definition) is 2. The van der Waals surface area contributed by atoms with Crippen LogP contribution in [-0.4, -0.2) is 38.2 Å². The minimum atomic E-state index is -3.63. The molecule has 0 heterocycles. The van der Waals surface area contributed by atoms with Crippen molar-refractivity contribution in [2.45, 2.75) is 17.1 Å². The molecule has 0 amide bonds. The second kappa shape index (κ2) is 7.91. The van der Waals surface area contributed by atoms with Crippen molar-refractivity contribution in [1.82, 2.24) is 4.72 Å². The molecular weight excluding hydrogens is 318 g/mol. The van der Waals surface area contributed by atoms with E-state index in [2.05, 4.69) is 16.6 Å². The number of nitrogens with one attached hydrogen (secondary N) is 1. The number of hydrogen-bond acceptors (Lipinski definition) is 4. The molecule has 1 unspecified atom stereocenters. The number of halogens is 1. The maximum atomic E-state index is 12.1. The Morgan fingerprint density at radius 2 is 2.20 bits per heavy atom. The Hall–Kier alpha value is -0.710. The minimum Gasteiger partial charge on any atom is -0.384 e. The van der Waals surface area contributed by atoms with Crippen LogP contribution >= 0.6 is 23.4 Å². The highest BCUT2D eigenvalue weighted by Crippen LogP contribution is 2.22. The molecule has 0 aromatic heterocycles. The van der Waals surface area contributed by atoms with Crippen LogP contribution in [0.25, 0.3) is 0 Å². The van der Waals surface area contributed by atoms with E-state index in [1.165, 1.54) is 12.1 Å². The van der Waals surface area contributed by atoms with Gasteiger partial charge < -0.3 is 5.11 Å². The van der Waals surface area contributed by atoms with E-state index in [4.69, 9.17) is 16.7 Å². The molecule has 20 heavy (non-hydrogen) atoms. The molecule has 0 spiro atoms. The van der Waals surface area contributed by atoms with Crippen molar-refractivity contribution in [2.75, 3.05) is 19.4 Å². The monoisotopic (exact) mass is 333 g/mol. The molecule has 110 valence electrons. The number of benzene rings is 1. The predicted molar refractivity (Wildman–Crippen MR) is 83.6 cm³/mol. The van der Waals surface area contributed by atoms with E-state index in [0.717, 1.165) is 0 Å². The average molecular weight is 334 g/mol. The Bertz CT molecular complexity index is 620. The molecule has 7 heteroatoms. The van der Waals surface area contributed by atoms with Crippen LogP contribution in [0.1, 0.15) is 12.5 Å². The van der Waals surface area contributed by atoms with Crippen molar-refractivity contribution < 1.29 is 13.5 Å². The number of rotatable bonds is 5. The standard InChI is InChI=1S/C13H16ClNO3S2/c1-10(19-2)9-15-20(17,18)13-6-5-11(4-3-7-16)8-12(13)14/h5-6,8,10,15-16H,7,9H2,1-2H3. The van der Waals surface area contributed by atoms with Crippen LogP contribution in [0.4, 0.5) is 0 Å². The van der Waals surface area contributed by atoms with Crippen molar-refractivity contribution in [3.63, 3.8) is 0 Å². The second-order valence-corrected chi connectivity index (χ2v) is 7.42. The fourth-order valence-corrected chi connectivity index (χ4v) is 3.35. The quantitative estimate of drug-likeness (QED) is 0.805. The van der Waals surface area contributed by atoms with Gasteiger partial charge in [-0.2, -0.15) is 11.8 Å². The summed E-state index contributed by atoms with van der Waals surface area (Å²) in [4.78, 5) is 0.0296. The topological polar surface area (TPSA) is 66.4 Å². The number of sulfonamides is 1. The largest absolute Gasteiger partial charge is 0.384 e. The van der Waals surface area contributed by atoms with Crippen molar-refractivity contribution in [2.24, 2.45) is 0 Å². The molecule has 2 N–H and O–H groups in total. The second-order valence-electron chi connectivity index (χ2n) is 4.00. The van der Waals surface area contributed by atoms with E-state index >= 15 is 0 Å². The lowest BCUT2D eigenvalue weighted by atomic mass is 10.2. The van der Waals surface area contributed by atoms with E-state index in [0.29, 0.717) is 12.1 Å². The maximum Gasteiger partial charge on any atom is 0.242 e. The number of aliphatic hydroxyl groups excluding tert-OH is 1. The van der Waals surface area contributed by atoms with E-state index in [9.17, 15) is 8.42 Å². The molecule has 1 aromatic rings. The van der Waals surface area contributed by atoms with Gasteiger partial charge in [0.05, 0.1) is 5.02 Å². The van der Waals surface area contributed by atoms with Crippen LogP contribution in [0.5, 0.6) is 0 Å². The summed E-state index contributed by atoms with van der Waals surface area (Å²) in [6, 6.07) is 4.44. The number of aliphatic hydroxyl groups is 1. The summed E-state index contributed by atoms with van der Waals surface area (Å²) in [6.45, 7) is 2.01. The molecule has 0 radical (unpaired) electrons. The third kappa shape index (κ3) is 5.00. The molecule has 0 saturated carbocycles. The molecule has 0 aliphatic carbocycles. The molecule has 0 fully saturated rings. The van der Waals surface area contributed by atoms with Gasteiger partial charge in [-0.25, -0.2) is 13.1 Å². The van der Waals surface area contributed by atoms with Crippen molar-refractivity contribution in [1.29, 1.82) is 0 Å². The van der Waals surface area contributed by atoms with Gasteiger partial charge in [-0.15, -0.1) is 0 Å². The fourth-order valence-electron chi connectivity index (χ4n) is 1.33. The SMILES string of the molecule is CSC(C)CNS(=O)(=O)c1ccc(C#CCO)cc1Cl. The van der Waals surface area contributed by atoms with Crippen LogP contribution in [0, 0.1) is 11.8 Å². The summed E-state index contributed by atoms with van der Waals surface area (Å²) in [5.74, 6) is 5.15. The molecule has 0 bridgehead atoms. The Labute approximate surface area is 129 Å². The normalized spacial score (nSPS) is 12.6. The summed E-state index contributed by atoms with van der Waals surface area (Å²) in [5.41, 5.74) is 0.556. The molecule has 1 atom stereocenters. The summed E-state index contributed by atoms with van der Waals surface area (Å²) in [5, 5.41) is 8.90. The van der Waals surface area contributed by atoms with Crippen molar-refractivity contribution >= 4 is 33.4 Å². The fraction of sp³-hybridized carbons (Fsp3) is 0.385. The van der Waals surface area contributed by atoms with Crippen LogP contribution < -0.4 is 4.72 Å². The zero-order valence-electron chi connectivity index (χ0n) is 11.2. The van der Waals surface area contributed by atoms with Gasteiger partial charge in [0.1, 0.15) is 11.5 Å². The molecule has 1 rings (SSSR count). The maximum absolute atomic E-state index is 12.1. The first-order chi connectivity index (χ1) is 9.40. The Balaban J connectivity index is 2.96. The van der Waals surface area contributed by atoms with Gasteiger partial charge in [-0.3, -0.25) is 0 Å². The zero-order chi connectivity index (χ0) is 15.2. The first kappa shape index (κ1) is 17.3. The van der Waals surface area contributed by atoms with Gasteiger partial charge in [-0.1, -0.05) is 30.4 Å². The lowest BCUT2D eigenvalue weighted by Crippen LogP contribution is -2.29. The lowest BCUT2D eigenvalue weighted by Gasteiger charge is -2.11. The Morgan fingerprint density at radius 1 is 1.50 bits per heavy atom. The lowest BCUT2D eigenvalue weighted by molar-refractivity contribution is 0.350. The summed E-state index contributed by atoms with van der Waals surface area (Å²) in [7, 11) is -3.63. The van der Waals surface area contributed by atoms with Gasteiger partial charge >= 0.3 is 0 Å². The van der Waals surface area contributed by atoms with Crippen LogP contribution in [0.15, 0.2) is 23.1 Å². The minimum absolute atomic E-state index is 0.0296. The summed E-state index contributed by atoms with van der Waals surface area (Å²) < 4.78 is 26.8.